The van der Waals surface area contributed by atoms with Gasteiger partial charge in [0.1, 0.15) is 5.75 Å². The molecule has 0 radical (unpaired) electrons. The third-order valence-corrected chi connectivity index (χ3v) is 3.05. The van der Waals surface area contributed by atoms with Crippen molar-refractivity contribution in [3.63, 3.8) is 0 Å². The predicted octanol–water partition coefficient (Wildman–Crippen LogP) is 1.91. The van der Waals surface area contributed by atoms with Crippen LogP contribution in [0.1, 0.15) is 18.2 Å². The van der Waals surface area contributed by atoms with E-state index in [1.807, 2.05) is 24.3 Å². The molecule has 0 atom stereocenters. The van der Waals surface area contributed by atoms with E-state index >= 15 is 0 Å². The fourth-order valence-corrected chi connectivity index (χ4v) is 2.09. The maximum atomic E-state index is 5.79. The summed E-state index contributed by atoms with van der Waals surface area (Å²) in [6.07, 6.45) is 0.819. The highest BCUT2D eigenvalue weighted by Gasteiger charge is 2.17. The zero-order valence-corrected chi connectivity index (χ0v) is 11.5. The van der Waals surface area contributed by atoms with Crippen LogP contribution in [0.3, 0.4) is 0 Å². The lowest BCUT2D eigenvalue weighted by Gasteiger charge is -2.08. The molecule has 0 aliphatic rings. The molecule has 1 heterocycles. The zero-order valence-electron chi connectivity index (χ0n) is 11.5. The molecule has 2 aromatic rings. The summed E-state index contributed by atoms with van der Waals surface area (Å²) in [5.41, 5.74) is 8.60. The van der Waals surface area contributed by atoms with Gasteiger partial charge in [-0.05, 0) is 18.6 Å². The van der Waals surface area contributed by atoms with E-state index in [1.54, 1.807) is 18.9 Å². The highest BCUT2D eigenvalue weighted by molar-refractivity contribution is 5.44. The van der Waals surface area contributed by atoms with Gasteiger partial charge in [-0.2, -0.15) is 5.10 Å². The van der Waals surface area contributed by atoms with Crippen LogP contribution in [0.5, 0.6) is 11.6 Å². The molecule has 0 unspecified atom stereocenters. The molecule has 0 fully saturated rings. The van der Waals surface area contributed by atoms with Crippen LogP contribution >= 0.6 is 0 Å². The number of hydrogen-bond donors (Lipinski definition) is 1. The number of methoxy groups -OCH3 is 2. The largest absolute Gasteiger partial charge is 0.497 e. The van der Waals surface area contributed by atoms with Crippen molar-refractivity contribution in [3.05, 3.63) is 35.5 Å². The van der Waals surface area contributed by atoms with Crippen LogP contribution in [0.4, 0.5) is 0 Å². The molecule has 19 heavy (non-hydrogen) atoms. The van der Waals surface area contributed by atoms with E-state index in [4.69, 9.17) is 15.2 Å². The first kappa shape index (κ1) is 13.4. The molecule has 0 aliphatic carbocycles. The van der Waals surface area contributed by atoms with Gasteiger partial charge in [0.05, 0.1) is 31.2 Å². The molecule has 5 heteroatoms. The van der Waals surface area contributed by atoms with Crippen LogP contribution < -0.4 is 15.2 Å². The van der Waals surface area contributed by atoms with Crippen molar-refractivity contribution in [2.45, 2.75) is 19.9 Å². The summed E-state index contributed by atoms with van der Waals surface area (Å²) < 4.78 is 12.5. The van der Waals surface area contributed by atoms with E-state index in [9.17, 15) is 0 Å². The Morgan fingerprint density at radius 1 is 1.26 bits per heavy atom. The fraction of sp³-hybridized carbons (Fsp3) is 0.357. The van der Waals surface area contributed by atoms with Gasteiger partial charge in [-0.25, -0.2) is 4.68 Å². The standard InChI is InChI=1S/C14H19N3O2/c1-4-13-12(9-15)14(19-3)17(16-13)10-6-5-7-11(8-10)18-2/h5-8H,4,9,15H2,1-3H3. The Hall–Kier alpha value is -2.01. The van der Waals surface area contributed by atoms with Gasteiger partial charge < -0.3 is 15.2 Å². The van der Waals surface area contributed by atoms with E-state index in [0.717, 1.165) is 29.1 Å². The van der Waals surface area contributed by atoms with Crippen molar-refractivity contribution in [3.8, 4) is 17.3 Å². The third kappa shape index (κ3) is 2.42. The van der Waals surface area contributed by atoms with Gasteiger partial charge >= 0.3 is 0 Å². The number of rotatable bonds is 5. The smallest absolute Gasteiger partial charge is 0.221 e. The summed E-state index contributed by atoms with van der Waals surface area (Å²) in [6.45, 7) is 2.47. The summed E-state index contributed by atoms with van der Waals surface area (Å²) >= 11 is 0. The Morgan fingerprint density at radius 2 is 2.05 bits per heavy atom. The number of aromatic nitrogens is 2. The minimum atomic E-state index is 0.413. The highest BCUT2D eigenvalue weighted by atomic mass is 16.5. The first-order valence-electron chi connectivity index (χ1n) is 6.24. The zero-order chi connectivity index (χ0) is 13.8. The molecule has 0 spiro atoms. The average Bonchev–Trinajstić information content (AvgIpc) is 2.84. The predicted molar refractivity (Wildman–Crippen MR) is 73.9 cm³/mol. The Morgan fingerprint density at radius 3 is 2.63 bits per heavy atom. The lowest BCUT2D eigenvalue weighted by atomic mass is 10.2. The van der Waals surface area contributed by atoms with Crippen molar-refractivity contribution >= 4 is 0 Å². The number of nitrogens with zero attached hydrogens (tertiary/aromatic N) is 2. The first-order chi connectivity index (χ1) is 9.24. The van der Waals surface area contributed by atoms with Crippen LogP contribution in [-0.2, 0) is 13.0 Å². The number of nitrogens with two attached hydrogens (primary N) is 1. The molecule has 0 amide bonds. The topological polar surface area (TPSA) is 62.3 Å². The lowest BCUT2D eigenvalue weighted by molar-refractivity contribution is 0.378. The lowest BCUT2D eigenvalue weighted by Crippen LogP contribution is -2.03. The van der Waals surface area contributed by atoms with Crippen LogP contribution in [-0.4, -0.2) is 24.0 Å². The van der Waals surface area contributed by atoms with Crippen LogP contribution in [0.15, 0.2) is 24.3 Å². The quantitative estimate of drug-likeness (QED) is 0.893. The summed E-state index contributed by atoms with van der Waals surface area (Å²) in [6, 6.07) is 7.68. The Labute approximate surface area is 112 Å². The minimum Gasteiger partial charge on any atom is -0.497 e. The monoisotopic (exact) mass is 261 g/mol. The molecular formula is C14H19N3O2. The number of hydrogen-bond acceptors (Lipinski definition) is 4. The van der Waals surface area contributed by atoms with E-state index in [2.05, 4.69) is 12.0 Å². The average molecular weight is 261 g/mol. The van der Waals surface area contributed by atoms with E-state index in [-0.39, 0.29) is 0 Å². The Bertz CT molecular complexity index is 564. The molecule has 0 aliphatic heterocycles. The van der Waals surface area contributed by atoms with Gasteiger partial charge in [0, 0.05) is 12.6 Å². The summed E-state index contributed by atoms with van der Waals surface area (Å²) in [7, 11) is 3.27. The molecule has 0 saturated heterocycles. The van der Waals surface area contributed by atoms with Crippen molar-refractivity contribution in [2.75, 3.05) is 14.2 Å². The van der Waals surface area contributed by atoms with Gasteiger partial charge in [0.25, 0.3) is 0 Å². The number of benzene rings is 1. The van der Waals surface area contributed by atoms with Crippen molar-refractivity contribution < 1.29 is 9.47 Å². The molecule has 0 saturated carbocycles. The minimum absolute atomic E-state index is 0.413. The molecule has 1 aromatic heterocycles. The second kappa shape index (κ2) is 5.75. The molecule has 5 nitrogen and oxygen atoms in total. The second-order valence-electron chi connectivity index (χ2n) is 4.11. The third-order valence-electron chi connectivity index (χ3n) is 3.05. The number of ether oxygens (including phenoxy) is 2. The first-order valence-corrected chi connectivity index (χ1v) is 6.24. The van der Waals surface area contributed by atoms with Crippen LogP contribution in [0.2, 0.25) is 0 Å². The Balaban J connectivity index is 2.57. The molecule has 102 valence electrons. The highest BCUT2D eigenvalue weighted by Crippen LogP contribution is 2.27. The van der Waals surface area contributed by atoms with Gasteiger partial charge in [-0.3, -0.25) is 0 Å². The van der Waals surface area contributed by atoms with Gasteiger partial charge in [0.15, 0.2) is 0 Å². The van der Waals surface area contributed by atoms with Gasteiger partial charge in [-0.15, -0.1) is 0 Å². The summed E-state index contributed by atoms with van der Waals surface area (Å²) in [5.74, 6) is 1.47. The number of aryl methyl sites for hydroxylation is 1. The fourth-order valence-electron chi connectivity index (χ4n) is 2.09. The second-order valence-corrected chi connectivity index (χ2v) is 4.11. The van der Waals surface area contributed by atoms with Crippen molar-refractivity contribution in [2.24, 2.45) is 5.73 Å². The molecule has 0 bridgehead atoms. The van der Waals surface area contributed by atoms with E-state index < -0.39 is 0 Å². The van der Waals surface area contributed by atoms with E-state index in [1.165, 1.54) is 0 Å². The van der Waals surface area contributed by atoms with Gasteiger partial charge in [-0.1, -0.05) is 13.0 Å². The van der Waals surface area contributed by atoms with Gasteiger partial charge in [0.2, 0.25) is 5.88 Å². The summed E-state index contributed by atoms with van der Waals surface area (Å²) in [5, 5.41) is 4.57. The van der Waals surface area contributed by atoms with E-state index in [0.29, 0.717) is 12.4 Å². The molecular weight excluding hydrogens is 242 g/mol. The van der Waals surface area contributed by atoms with Crippen LogP contribution in [0, 0.1) is 0 Å². The van der Waals surface area contributed by atoms with Crippen LogP contribution in [0.25, 0.3) is 5.69 Å². The molecule has 2 N–H and O–H groups in total. The maximum Gasteiger partial charge on any atom is 0.221 e. The maximum absolute atomic E-state index is 5.79. The molecule has 1 aromatic carbocycles. The van der Waals surface area contributed by atoms with Crippen molar-refractivity contribution in [1.29, 1.82) is 0 Å². The molecule has 2 rings (SSSR count). The Kier molecular flexibility index (Phi) is 4.06. The van der Waals surface area contributed by atoms with Crippen molar-refractivity contribution in [1.82, 2.24) is 9.78 Å². The SMILES string of the molecule is CCc1nn(-c2cccc(OC)c2)c(OC)c1CN. The normalized spacial score (nSPS) is 10.5. The summed E-state index contributed by atoms with van der Waals surface area (Å²) in [4.78, 5) is 0.